The second kappa shape index (κ2) is 6.72. The van der Waals surface area contributed by atoms with Gasteiger partial charge in [0.05, 0.1) is 10.6 Å². The lowest BCUT2D eigenvalue weighted by atomic mass is 9.85. The molecule has 0 atom stereocenters. The number of fused-ring (bicyclic) bond motifs is 1. The van der Waals surface area contributed by atoms with Crippen molar-refractivity contribution >= 4 is 51.4 Å². The maximum atomic E-state index is 12.6. The van der Waals surface area contributed by atoms with Gasteiger partial charge in [0.1, 0.15) is 10.4 Å². The van der Waals surface area contributed by atoms with Gasteiger partial charge in [0, 0.05) is 11.3 Å². The van der Waals surface area contributed by atoms with Crippen molar-refractivity contribution in [1.29, 1.82) is 0 Å². The van der Waals surface area contributed by atoms with Gasteiger partial charge in [-0.05, 0) is 18.9 Å². The average Bonchev–Trinajstić information content (AvgIpc) is 2.82. The van der Waals surface area contributed by atoms with Crippen LogP contribution in [0, 0.1) is 5.92 Å². The zero-order valence-corrected chi connectivity index (χ0v) is 13.9. The number of carbonyl (C=O) groups excluding carboxylic acids is 1. The molecule has 0 aliphatic heterocycles. The van der Waals surface area contributed by atoms with Crippen LogP contribution in [-0.4, -0.2) is 21.8 Å². The van der Waals surface area contributed by atoms with Crippen molar-refractivity contribution in [2.45, 2.75) is 32.1 Å². The number of Topliss-reactive ketones (excluding diaryl/α,β-unsaturated/α-hetero) is 1. The van der Waals surface area contributed by atoms with Gasteiger partial charge in [0.15, 0.2) is 5.78 Å². The molecular formula is C15H17ClN2O4S. The number of aromatic carboxylic acids is 1. The number of aromatic amines is 1. The number of pyridine rings is 1. The predicted octanol–water partition coefficient (Wildman–Crippen LogP) is 3.05. The van der Waals surface area contributed by atoms with Gasteiger partial charge >= 0.3 is 5.97 Å². The summed E-state index contributed by atoms with van der Waals surface area (Å²) in [6.07, 6.45) is 4.97. The fourth-order valence-corrected chi connectivity index (χ4v) is 4.08. The third-order valence-electron chi connectivity index (χ3n) is 4.17. The standard InChI is InChI=1S/C15H16N2O4S.ClH/c16-10-8-6-9(15(20)21)13(19)17-14(8)22-12(10)11(18)7-4-2-1-3-5-7;/h6-7H,1-5,16H2,(H,17,19)(H,20,21);1H. The van der Waals surface area contributed by atoms with Crippen LogP contribution < -0.4 is 11.3 Å². The summed E-state index contributed by atoms with van der Waals surface area (Å²) in [6, 6.07) is 1.25. The number of carboxylic acid groups (broad SMARTS) is 1. The molecule has 3 rings (SSSR count). The Morgan fingerprint density at radius 1 is 1.26 bits per heavy atom. The van der Waals surface area contributed by atoms with Crippen molar-refractivity contribution in [3.63, 3.8) is 0 Å². The molecule has 0 amide bonds. The van der Waals surface area contributed by atoms with E-state index in [-0.39, 0.29) is 35.4 Å². The van der Waals surface area contributed by atoms with E-state index in [4.69, 9.17) is 10.8 Å². The number of thiophene rings is 1. The van der Waals surface area contributed by atoms with E-state index in [1.165, 1.54) is 6.07 Å². The number of halogens is 1. The molecule has 0 bridgehead atoms. The molecule has 124 valence electrons. The van der Waals surface area contributed by atoms with E-state index in [2.05, 4.69) is 4.98 Å². The van der Waals surface area contributed by atoms with Gasteiger partial charge in [-0.25, -0.2) is 4.79 Å². The van der Waals surface area contributed by atoms with Crippen LogP contribution in [0.4, 0.5) is 5.69 Å². The van der Waals surface area contributed by atoms with Gasteiger partial charge in [0.2, 0.25) is 0 Å². The molecule has 1 saturated carbocycles. The summed E-state index contributed by atoms with van der Waals surface area (Å²) >= 11 is 1.14. The summed E-state index contributed by atoms with van der Waals surface area (Å²) in [5.41, 5.74) is 5.26. The molecule has 1 fully saturated rings. The van der Waals surface area contributed by atoms with Gasteiger partial charge < -0.3 is 15.8 Å². The number of carboxylic acids is 1. The minimum atomic E-state index is -1.31. The van der Waals surface area contributed by atoms with Crippen molar-refractivity contribution in [3.05, 3.63) is 26.9 Å². The van der Waals surface area contributed by atoms with E-state index < -0.39 is 11.5 Å². The highest BCUT2D eigenvalue weighted by Gasteiger charge is 2.27. The molecule has 8 heteroatoms. The number of aromatic nitrogens is 1. The second-order valence-electron chi connectivity index (χ2n) is 5.60. The third kappa shape index (κ3) is 3.11. The Kier molecular flexibility index (Phi) is 5.11. The first-order valence-electron chi connectivity index (χ1n) is 7.22. The van der Waals surface area contributed by atoms with Crippen LogP contribution in [0.3, 0.4) is 0 Å². The molecule has 2 aromatic rings. The molecule has 0 saturated heterocycles. The maximum Gasteiger partial charge on any atom is 0.341 e. The van der Waals surface area contributed by atoms with Crippen LogP contribution in [-0.2, 0) is 0 Å². The summed E-state index contributed by atoms with van der Waals surface area (Å²) < 4.78 is 0. The summed E-state index contributed by atoms with van der Waals surface area (Å²) in [4.78, 5) is 38.8. The Labute approximate surface area is 142 Å². The lowest BCUT2D eigenvalue weighted by molar-refractivity contribution is 0.0695. The number of ketones is 1. The van der Waals surface area contributed by atoms with Crippen molar-refractivity contribution in [2.24, 2.45) is 5.92 Å². The first-order valence-corrected chi connectivity index (χ1v) is 8.03. The number of H-pyrrole nitrogens is 1. The van der Waals surface area contributed by atoms with E-state index in [0.29, 0.717) is 15.1 Å². The summed E-state index contributed by atoms with van der Waals surface area (Å²) in [5.74, 6) is -1.32. The van der Waals surface area contributed by atoms with Gasteiger partial charge in [-0.2, -0.15) is 0 Å². The van der Waals surface area contributed by atoms with Gasteiger partial charge in [-0.15, -0.1) is 23.7 Å². The molecule has 0 spiro atoms. The number of hydrogen-bond donors (Lipinski definition) is 3. The number of anilines is 1. The lowest BCUT2D eigenvalue weighted by Crippen LogP contribution is -2.17. The highest BCUT2D eigenvalue weighted by molar-refractivity contribution is 7.21. The minimum Gasteiger partial charge on any atom is -0.477 e. The number of rotatable bonds is 3. The van der Waals surface area contributed by atoms with E-state index in [1.807, 2.05) is 0 Å². The Balaban J connectivity index is 0.00000192. The van der Waals surface area contributed by atoms with E-state index >= 15 is 0 Å². The SMILES string of the molecule is Cl.Nc1c(C(=O)C2CCCCC2)sc2[nH]c(=O)c(C(=O)O)cc12. The highest BCUT2D eigenvalue weighted by Crippen LogP contribution is 2.36. The van der Waals surface area contributed by atoms with Crippen LogP contribution in [0.25, 0.3) is 10.2 Å². The first kappa shape index (κ1) is 17.5. The normalized spacial score (nSPS) is 15.3. The summed E-state index contributed by atoms with van der Waals surface area (Å²) in [5, 5.41) is 9.44. The number of nitrogen functional groups attached to an aromatic ring is 1. The quantitative estimate of drug-likeness (QED) is 0.731. The monoisotopic (exact) mass is 356 g/mol. The van der Waals surface area contributed by atoms with Crippen LogP contribution in [0.2, 0.25) is 0 Å². The molecule has 4 N–H and O–H groups in total. The van der Waals surface area contributed by atoms with Crippen LogP contribution in [0.5, 0.6) is 0 Å². The zero-order chi connectivity index (χ0) is 15.9. The van der Waals surface area contributed by atoms with E-state index in [0.717, 1.165) is 43.4 Å². The first-order chi connectivity index (χ1) is 10.5. The second-order valence-corrected chi connectivity index (χ2v) is 6.62. The van der Waals surface area contributed by atoms with Gasteiger partial charge in [-0.1, -0.05) is 19.3 Å². The average molecular weight is 357 g/mol. The highest BCUT2D eigenvalue weighted by atomic mass is 35.5. The topological polar surface area (TPSA) is 113 Å². The van der Waals surface area contributed by atoms with Crippen molar-refractivity contribution in [3.8, 4) is 0 Å². The molecule has 2 aromatic heterocycles. The fraction of sp³-hybridized carbons (Fsp3) is 0.400. The fourth-order valence-electron chi connectivity index (χ4n) is 2.97. The van der Waals surface area contributed by atoms with E-state index in [9.17, 15) is 14.4 Å². The molecule has 23 heavy (non-hydrogen) atoms. The summed E-state index contributed by atoms with van der Waals surface area (Å²) in [7, 11) is 0. The molecule has 0 radical (unpaired) electrons. The van der Waals surface area contributed by atoms with Crippen molar-refractivity contribution < 1.29 is 14.7 Å². The van der Waals surface area contributed by atoms with Crippen molar-refractivity contribution in [2.75, 3.05) is 5.73 Å². The Morgan fingerprint density at radius 2 is 1.91 bits per heavy atom. The minimum absolute atomic E-state index is 0. The largest absolute Gasteiger partial charge is 0.477 e. The molecular weight excluding hydrogens is 340 g/mol. The molecule has 1 aliphatic rings. The molecule has 6 nitrogen and oxygen atoms in total. The Hall–Kier alpha value is -1.86. The van der Waals surface area contributed by atoms with Crippen molar-refractivity contribution in [1.82, 2.24) is 4.98 Å². The van der Waals surface area contributed by atoms with Gasteiger partial charge in [0.25, 0.3) is 5.56 Å². The number of nitrogens with one attached hydrogen (secondary N) is 1. The van der Waals surface area contributed by atoms with Crippen LogP contribution in [0.1, 0.15) is 52.1 Å². The smallest absolute Gasteiger partial charge is 0.341 e. The van der Waals surface area contributed by atoms with E-state index in [1.54, 1.807) is 0 Å². The lowest BCUT2D eigenvalue weighted by Gasteiger charge is -2.19. The Morgan fingerprint density at radius 3 is 2.52 bits per heavy atom. The number of nitrogens with two attached hydrogens (primary N) is 1. The molecule has 1 aliphatic carbocycles. The summed E-state index contributed by atoms with van der Waals surface area (Å²) in [6.45, 7) is 0. The third-order valence-corrected chi connectivity index (χ3v) is 5.33. The molecule has 0 unspecified atom stereocenters. The van der Waals surface area contributed by atoms with Crippen LogP contribution in [0.15, 0.2) is 10.9 Å². The van der Waals surface area contributed by atoms with Crippen LogP contribution >= 0.6 is 23.7 Å². The maximum absolute atomic E-state index is 12.6. The number of hydrogen-bond acceptors (Lipinski definition) is 5. The Bertz CT molecular complexity index is 821. The number of carbonyl (C=O) groups is 2. The predicted molar refractivity (Wildman–Crippen MR) is 92.0 cm³/mol. The zero-order valence-electron chi connectivity index (χ0n) is 12.3. The van der Waals surface area contributed by atoms with Gasteiger partial charge in [-0.3, -0.25) is 9.59 Å². The molecule has 0 aromatic carbocycles. The molecule has 2 heterocycles.